The number of hydrogen-bond acceptors (Lipinski definition) is 4. The Balaban J connectivity index is 1.98. The predicted octanol–water partition coefficient (Wildman–Crippen LogP) is 3.35. The second kappa shape index (κ2) is 8.44. The lowest BCUT2D eigenvalue weighted by molar-refractivity contribution is 0.101. The second-order valence-corrected chi connectivity index (χ2v) is 5.92. The van der Waals surface area contributed by atoms with Crippen molar-refractivity contribution in [3.05, 3.63) is 23.0 Å². The largest absolute Gasteiger partial charge is 0.378 e. The Morgan fingerprint density at radius 1 is 1.38 bits per heavy atom. The number of nitrogens with zero attached hydrogens (tertiary/aromatic N) is 2. The van der Waals surface area contributed by atoms with E-state index in [0.717, 1.165) is 37.4 Å². The fourth-order valence-corrected chi connectivity index (χ4v) is 3.15. The summed E-state index contributed by atoms with van der Waals surface area (Å²) in [5, 5.41) is 12.2. The number of hydrogen-bond donors (Lipinski definition) is 1. The van der Waals surface area contributed by atoms with Crippen molar-refractivity contribution in [1.82, 2.24) is 15.5 Å². The first-order valence-electron chi connectivity index (χ1n) is 8.42. The minimum absolute atomic E-state index is 0.389. The van der Waals surface area contributed by atoms with Crippen LogP contribution in [-0.4, -0.2) is 29.5 Å². The van der Waals surface area contributed by atoms with E-state index in [1.807, 2.05) is 6.92 Å². The van der Waals surface area contributed by atoms with Gasteiger partial charge in [0.05, 0.1) is 17.5 Å². The predicted molar refractivity (Wildman–Crippen MR) is 85.4 cm³/mol. The van der Waals surface area contributed by atoms with Gasteiger partial charge < -0.3 is 10.1 Å². The summed E-state index contributed by atoms with van der Waals surface area (Å²) in [5.41, 5.74) is 3.46. The van der Waals surface area contributed by atoms with Crippen LogP contribution in [0.5, 0.6) is 0 Å². The topological polar surface area (TPSA) is 47.0 Å². The molecule has 0 amide bonds. The summed E-state index contributed by atoms with van der Waals surface area (Å²) in [6.07, 6.45) is 7.43. The zero-order valence-electron chi connectivity index (χ0n) is 13.7. The van der Waals surface area contributed by atoms with E-state index in [4.69, 9.17) is 4.74 Å². The average Bonchev–Trinajstić information content (AvgIpc) is 2.99. The Morgan fingerprint density at radius 3 is 2.90 bits per heavy atom. The summed E-state index contributed by atoms with van der Waals surface area (Å²) < 4.78 is 5.72. The molecule has 2 heterocycles. The Labute approximate surface area is 128 Å². The first kappa shape index (κ1) is 16.4. The van der Waals surface area contributed by atoms with Crippen LogP contribution in [0.4, 0.5) is 0 Å². The molecular formula is C17H29N3O. The highest BCUT2D eigenvalue weighted by Gasteiger charge is 2.18. The molecule has 1 aliphatic heterocycles. The maximum absolute atomic E-state index is 5.72. The number of aromatic nitrogens is 2. The van der Waals surface area contributed by atoms with Gasteiger partial charge in [-0.05, 0) is 63.6 Å². The minimum Gasteiger partial charge on any atom is -0.378 e. The second-order valence-electron chi connectivity index (χ2n) is 5.92. The summed E-state index contributed by atoms with van der Waals surface area (Å²) >= 11 is 0. The van der Waals surface area contributed by atoms with Crippen molar-refractivity contribution >= 4 is 0 Å². The van der Waals surface area contributed by atoms with E-state index in [-0.39, 0.29) is 0 Å². The van der Waals surface area contributed by atoms with Crippen molar-refractivity contribution < 1.29 is 4.74 Å². The maximum Gasteiger partial charge on any atom is 0.0676 e. The SMILES string of the molecule is CCNC(CCCC1CCCO1)c1cc(C)nnc1CC. The lowest BCUT2D eigenvalue weighted by Gasteiger charge is -2.21. The number of rotatable bonds is 8. The quantitative estimate of drug-likeness (QED) is 0.798. The summed E-state index contributed by atoms with van der Waals surface area (Å²) in [4.78, 5) is 0. The zero-order valence-corrected chi connectivity index (χ0v) is 13.7. The highest BCUT2D eigenvalue weighted by molar-refractivity contribution is 5.24. The summed E-state index contributed by atoms with van der Waals surface area (Å²) in [5.74, 6) is 0. The van der Waals surface area contributed by atoms with Crippen LogP contribution in [0.2, 0.25) is 0 Å². The van der Waals surface area contributed by atoms with Crippen LogP contribution in [0.15, 0.2) is 6.07 Å². The van der Waals surface area contributed by atoms with Gasteiger partial charge >= 0.3 is 0 Å². The highest BCUT2D eigenvalue weighted by Crippen LogP contribution is 2.25. The molecule has 1 aromatic rings. The Morgan fingerprint density at radius 2 is 2.24 bits per heavy atom. The molecular weight excluding hydrogens is 262 g/mol. The molecule has 0 spiro atoms. The van der Waals surface area contributed by atoms with Gasteiger partial charge in [0.1, 0.15) is 0 Å². The van der Waals surface area contributed by atoms with Gasteiger partial charge in [0.25, 0.3) is 0 Å². The third kappa shape index (κ3) is 4.75. The van der Waals surface area contributed by atoms with Crippen molar-refractivity contribution in [2.45, 2.75) is 71.4 Å². The van der Waals surface area contributed by atoms with Gasteiger partial charge in [-0.1, -0.05) is 13.8 Å². The molecule has 1 saturated heterocycles. The summed E-state index contributed by atoms with van der Waals surface area (Å²) in [6.45, 7) is 8.27. The van der Waals surface area contributed by atoms with E-state index in [0.29, 0.717) is 12.1 Å². The molecule has 0 radical (unpaired) electrons. The molecule has 4 nitrogen and oxygen atoms in total. The van der Waals surface area contributed by atoms with Gasteiger partial charge in [-0.3, -0.25) is 0 Å². The Kier molecular flexibility index (Phi) is 6.58. The highest BCUT2D eigenvalue weighted by atomic mass is 16.5. The van der Waals surface area contributed by atoms with Gasteiger partial charge in [0, 0.05) is 12.6 Å². The van der Waals surface area contributed by atoms with Crippen molar-refractivity contribution in [2.75, 3.05) is 13.2 Å². The van der Waals surface area contributed by atoms with E-state index in [2.05, 4.69) is 35.4 Å². The van der Waals surface area contributed by atoms with Crippen LogP contribution in [0.25, 0.3) is 0 Å². The average molecular weight is 291 g/mol. The molecule has 0 bridgehead atoms. The number of aryl methyl sites for hydroxylation is 2. The van der Waals surface area contributed by atoms with E-state index in [1.54, 1.807) is 0 Å². The maximum atomic E-state index is 5.72. The molecule has 0 aromatic carbocycles. The van der Waals surface area contributed by atoms with Crippen molar-refractivity contribution in [1.29, 1.82) is 0 Å². The van der Waals surface area contributed by atoms with Crippen LogP contribution in [0.3, 0.4) is 0 Å². The van der Waals surface area contributed by atoms with Crippen LogP contribution in [0.1, 0.15) is 68.9 Å². The van der Waals surface area contributed by atoms with E-state index < -0.39 is 0 Å². The van der Waals surface area contributed by atoms with Gasteiger partial charge in [-0.25, -0.2) is 0 Å². The van der Waals surface area contributed by atoms with E-state index in [9.17, 15) is 0 Å². The summed E-state index contributed by atoms with van der Waals surface area (Å²) in [7, 11) is 0. The Bertz CT molecular complexity index is 430. The first-order chi connectivity index (χ1) is 10.2. The van der Waals surface area contributed by atoms with Crippen LogP contribution in [0, 0.1) is 6.92 Å². The zero-order chi connectivity index (χ0) is 15.1. The fraction of sp³-hybridized carbons (Fsp3) is 0.765. The molecule has 1 fully saturated rings. The van der Waals surface area contributed by atoms with E-state index in [1.165, 1.54) is 31.2 Å². The monoisotopic (exact) mass is 291 g/mol. The summed E-state index contributed by atoms with van der Waals surface area (Å²) in [6, 6.07) is 2.59. The first-order valence-corrected chi connectivity index (χ1v) is 8.42. The van der Waals surface area contributed by atoms with Crippen molar-refractivity contribution in [3.63, 3.8) is 0 Å². The molecule has 1 aliphatic rings. The van der Waals surface area contributed by atoms with Gasteiger partial charge in [-0.15, -0.1) is 0 Å². The Hall–Kier alpha value is -1.00. The van der Waals surface area contributed by atoms with Gasteiger partial charge in [0.15, 0.2) is 0 Å². The minimum atomic E-state index is 0.389. The molecule has 0 aliphatic carbocycles. The van der Waals surface area contributed by atoms with Crippen LogP contribution in [-0.2, 0) is 11.2 Å². The molecule has 2 atom stereocenters. The molecule has 0 saturated carbocycles. The standard InChI is InChI=1S/C17H29N3O/c1-4-16-15(12-13(3)19-20-16)17(18-5-2)10-6-8-14-9-7-11-21-14/h12,14,17-18H,4-11H2,1-3H3. The van der Waals surface area contributed by atoms with E-state index >= 15 is 0 Å². The van der Waals surface area contributed by atoms with Crippen LogP contribution < -0.4 is 5.32 Å². The number of ether oxygens (including phenoxy) is 1. The van der Waals surface area contributed by atoms with Crippen molar-refractivity contribution in [3.8, 4) is 0 Å². The van der Waals surface area contributed by atoms with Crippen molar-refractivity contribution in [2.24, 2.45) is 0 Å². The van der Waals surface area contributed by atoms with Gasteiger partial charge in [0.2, 0.25) is 0 Å². The molecule has 118 valence electrons. The molecule has 4 heteroatoms. The van der Waals surface area contributed by atoms with Crippen LogP contribution >= 0.6 is 0 Å². The molecule has 2 unspecified atom stereocenters. The molecule has 2 rings (SSSR count). The normalized spacial score (nSPS) is 19.9. The van der Waals surface area contributed by atoms with Gasteiger partial charge in [-0.2, -0.15) is 10.2 Å². The smallest absolute Gasteiger partial charge is 0.0676 e. The number of nitrogens with one attached hydrogen (secondary N) is 1. The lowest BCUT2D eigenvalue weighted by Crippen LogP contribution is -2.23. The lowest BCUT2D eigenvalue weighted by atomic mass is 9.97. The third-order valence-electron chi connectivity index (χ3n) is 4.23. The molecule has 1 aromatic heterocycles. The third-order valence-corrected chi connectivity index (χ3v) is 4.23. The molecule has 21 heavy (non-hydrogen) atoms. The fourth-order valence-electron chi connectivity index (χ4n) is 3.15. The molecule has 1 N–H and O–H groups in total.